The van der Waals surface area contributed by atoms with Gasteiger partial charge in [-0.25, -0.2) is 9.59 Å². The average Bonchev–Trinajstić information content (AvgIpc) is 2.37. The summed E-state index contributed by atoms with van der Waals surface area (Å²) in [6, 6.07) is 7.11. The Morgan fingerprint density at radius 3 is 2.47 bits per heavy atom. The predicted octanol–water partition coefficient (Wildman–Crippen LogP) is 2.24. The third-order valence-corrected chi connectivity index (χ3v) is 2.28. The number of anilines is 1. The van der Waals surface area contributed by atoms with Crippen LogP contribution in [0.25, 0.3) is 0 Å². The molecule has 0 aliphatic carbocycles. The molecule has 1 aromatic rings. The lowest BCUT2D eigenvalue weighted by Crippen LogP contribution is -2.32. The molecule has 5 heteroatoms. The van der Waals surface area contributed by atoms with Gasteiger partial charge >= 0.3 is 12.0 Å². The Hall–Kier alpha value is -2.30. The smallest absolute Gasteiger partial charge is 0.333 e. The lowest BCUT2D eigenvalue weighted by molar-refractivity contribution is -0.138. The normalized spacial score (nSPS) is 9.58. The first kappa shape index (κ1) is 14.8. The summed E-state index contributed by atoms with van der Waals surface area (Å²) in [5, 5.41) is 5.26. The number of rotatable bonds is 5. The van der Waals surface area contributed by atoms with Crippen LogP contribution in [0, 0.1) is 6.92 Å². The number of carbonyl (C=O) groups is 2. The number of amides is 2. The third kappa shape index (κ3) is 5.72. The summed E-state index contributed by atoms with van der Waals surface area (Å²) in [6.45, 7) is 7.36. The fraction of sp³-hybridized carbons (Fsp3) is 0.286. The maximum Gasteiger partial charge on any atom is 0.333 e. The molecule has 0 heterocycles. The molecular formula is C14H18N2O3. The highest BCUT2D eigenvalue weighted by Crippen LogP contribution is 2.07. The molecule has 0 aromatic heterocycles. The first-order valence-electron chi connectivity index (χ1n) is 5.93. The maximum atomic E-state index is 11.5. The van der Waals surface area contributed by atoms with Crippen LogP contribution in [0.4, 0.5) is 10.5 Å². The zero-order chi connectivity index (χ0) is 14.3. The van der Waals surface area contributed by atoms with E-state index in [9.17, 15) is 9.59 Å². The maximum absolute atomic E-state index is 11.5. The summed E-state index contributed by atoms with van der Waals surface area (Å²) in [4.78, 5) is 22.6. The van der Waals surface area contributed by atoms with Gasteiger partial charge in [0.2, 0.25) is 0 Å². The quantitative estimate of drug-likeness (QED) is 0.486. The van der Waals surface area contributed by atoms with E-state index < -0.39 is 5.97 Å². The molecule has 0 saturated heterocycles. The molecule has 0 atom stereocenters. The fourth-order valence-electron chi connectivity index (χ4n) is 1.24. The minimum Gasteiger partial charge on any atom is -0.460 e. The number of aryl methyl sites for hydroxylation is 1. The van der Waals surface area contributed by atoms with Crippen molar-refractivity contribution in [3.8, 4) is 0 Å². The number of hydrogen-bond donors (Lipinski definition) is 2. The molecule has 0 saturated carbocycles. The molecule has 0 fully saturated rings. The van der Waals surface area contributed by atoms with Gasteiger partial charge in [0, 0.05) is 11.3 Å². The second-order valence-electron chi connectivity index (χ2n) is 4.16. The molecule has 0 aliphatic rings. The zero-order valence-electron chi connectivity index (χ0n) is 11.2. The topological polar surface area (TPSA) is 67.4 Å². The van der Waals surface area contributed by atoms with Gasteiger partial charge < -0.3 is 15.4 Å². The number of esters is 1. The van der Waals surface area contributed by atoms with Crippen LogP contribution in [0.3, 0.4) is 0 Å². The highest BCUT2D eigenvalue weighted by Gasteiger charge is 2.04. The largest absolute Gasteiger partial charge is 0.460 e. The second-order valence-corrected chi connectivity index (χ2v) is 4.16. The Morgan fingerprint density at radius 1 is 1.26 bits per heavy atom. The molecule has 0 radical (unpaired) electrons. The molecule has 0 aliphatic heterocycles. The van der Waals surface area contributed by atoms with Gasteiger partial charge in [-0.2, -0.15) is 0 Å². The predicted molar refractivity (Wildman–Crippen MR) is 74.0 cm³/mol. The number of benzene rings is 1. The van der Waals surface area contributed by atoms with Crippen LogP contribution in [-0.4, -0.2) is 25.2 Å². The first-order valence-corrected chi connectivity index (χ1v) is 5.93. The van der Waals surface area contributed by atoms with Crippen LogP contribution in [0.2, 0.25) is 0 Å². The number of carbonyl (C=O) groups excluding carboxylic acids is 2. The molecule has 5 nitrogen and oxygen atoms in total. The van der Waals surface area contributed by atoms with Gasteiger partial charge in [-0.1, -0.05) is 24.3 Å². The van der Waals surface area contributed by atoms with Crippen molar-refractivity contribution in [2.24, 2.45) is 0 Å². The lowest BCUT2D eigenvalue weighted by Gasteiger charge is -2.08. The molecule has 1 rings (SSSR count). The van der Waals surface area contributed by atoms with Gasteiger partial charge in [0.05, 0.1) is 6.54 Å². The Kier molecular flexibility index (Phi) is 5.60. The molecule has 0 unspecified atom stereocenters. The van der Waals surface area contributed by atoms with Crippen molar-refractivity contribution in [3.05, 3.63) is 42.0 Å². The third-order valence-electron chi connectivity index (χ3n) is 2.28. The number of nitrogens with one attached hydrogen (secondary N) is 2. The van der Waals surface area contributed by atoms with Gasteiger partial charge in [0.1, 0.15) is 6.61 Å². The van der Waals surface area contributed by atoms with Crippen molar-refractivity contribution < 1.29 is 14.3 Å². The Balaban J connectivity index is 2.23. The second kappa shape index (κ2) is 7.20. The molecule has 0 bridgehead atoms. The summed E-state index contributed by atoms with van der Waals surface area (Å²) in [5.41, 5.74) is 2.17. The van der Waals surface area contributed by atoms with Crippen molar-refractivity contribution in [2.75, 3.05) is 18.5 Å². The van der Waals surface area contributed by atoms with Gasteiger partial charge in [0.15, 0.2) is 0 Å². The summed E-state index contributed by atoms with van der Waals surface area (Å²) >= 11 is 0. The van der Waals surface area contributed by atoms with E-state index in [0.717, 1.165) is 5.56 Å². The lowest BCUT2D eigenvalue weighted by atomic mass is 10.2. The van der Waals surface area contributed by atoms with E-state index >= 15 is 0 Å². The molecule has 2 N–H and O–H groups in total. The summed E-state index contributed by atoms with van der Waals surface area (Å²) < 4.78 is 4.84. The van der Waals surface area contributed by atoms with E-state index in [1.54, 1.807) is 6.92 Å². The van der Waals surface area contributed by atoms with E-state index in [2.05, 4.69) is 17.2 Å². The van der Waals surface area contributed by atoms with Crippen molar-refractivity contribution in [1.29, 1.82) is 0 Å². The molecule has 102 valence electrons. The summed E-state index contributed by atoms with van der Waals surface area (Å²) in [7, 11) is 0. The van der Waals surface area contributed by atoms with Crippen LogP contribution in [-0.2, 0) is 9.53 Å². The molecule has 2 amide bonds. The van der Waals surface area contributed by atoms with E-state index in [0.29, 0.717) is 11.3 Å². The van der Waals surface area contributed by atoms with E-state index in [-0.39, 0.29) is 19.2 Å². The molecule has 0 spiro atoms. The van der Waals surface area contributed by atoms with E-state index in [4.69, 9.17) is 4.74 Å². The minimum atomic E-state index is -0.458. The summed E-state index contributed by atoms with van der Waals surface area (Å²) in [5.74, 6) is -0.458. The van der Waals surface area contributed by atoms with Crippen molar-refractivity contribution in [1.82, 2.24) is 5.32 Å². The van der Waals surface area contributed by atoms with E-state index in [1.165, 1.54) is 0 Å². The highest BCUT2D eigenvalue weighted by molar-refractivity contribution is 5.89. The SMILES string of the molecule is C=C(C)C(=O)OCCNC(=O)Nc1ccc(C)cc1. The molecule has 19 heavy (non-hydrogen) atoms. The average molecular weight is 262 g/mol. The monoisotopic (exact) mass is 262 g/mol. The minimum absolute atomic E-state index is 0.118. The van der Waals surface area contributed by atoms with E-state index in [1.807, 2.05) is 31.2 Å². The van der Waals surface area contributed by atoms with Gasteiger partial charge in [0.25, 0.3) is 0 Å². The van der Waals surface area contributed by atoms with Crippen molar-refractivity contribution in [3.63, 3.8) is 0 Å². The number of ether oxygens (including phenoxy) is 1. The Bertz CT molecular complexity index is 466. The van der Waals surface area contributed by atoms with Crippen molar-refractivity contribution in [2.45, 2.75) is 13.8 Å². The van der Waals surface area contributed by atoms with Crippen LogP contribution in [0.1, 0.15) is 12.5 Å². The van der Waals surface area contributed by atoms with Gasteiger partial charge in [-0.15, -0.1) is 0 Å². The molecular weight excluding hydrogens is 244 g/mol. The summed E-state index contributed by atoms with van der Waals surface area (Å²) in [6.07, 6.45) is 0. The fourth-order valence-corrected chi connectivity index (χ4v) is 1.24. The van der Waals surface area contributed by atoms with Gasteiger partial charge in [-0.05, 0) is 26.0 Å². The van der Waals surface area contributed by atoms with Gasteiger partial charge in [-0.3, -0.25) is 0 Å². The molecule has 1 aromatic carbocycles. The highest BCUT2D eigenvalue weighted by atomic mass is 16.5. The standard InChI is InChI=1S/C14H18N2O3/c1-10(2)13(17)19-9-8-15-14(18)16-12-6-4-11(3)5-7-12/h4-7H,1,8-9H2,2-3H3,(H2,15,16,18). The zero-order valence-corrected chi connectivity index (χ0v) is 11.2. The first-order chi connectivity index (χ1) is 8.99. The van der Waals surface area contributed by atoms with Crippen LogP contribution in [0.15, 0.2) is 36.4 Å². The van der Waals surface area contributed by atoms with Crippen LogP contribution < -0.4 is 10.6 Å². The van der Waals surface area contributed by atoms with Crippen LogP contribution in [0.5, 0.6) is 0 Å². The Labute approximate surface area is 112 Å². The Morgan fingerprint density at radius 2 is 1.89 bits per heavy atom. The van der Waals surface area contributed by atoms with Crippen molar-refractivity contribution >= 4 is 17.7 Å². The number of urea groups is 1. The number of hydrogen-bond acceptors (Lipinski definition) is 3. The van der Waals surface area contributed by atoms with Crippen LogP contribution >= 0.6 is 0 Å².